The molecule has 0 fully saturated rings. The second-order valence-corrected chi connectivity index (χ2v) is 9.55. The third-order valence-corrected chi connectivity index (χ3v) is 7.38. The molecule has 0 saturated heterocycles. The maximum Gasteiger partial charge on any atom is 0.244 e. The van der Waals surface area contributed by atoms with E-state index in [4.69, 9.17) is 0 Å². The van der Waals surface area contributed by atoms with E-state index in [9.17, 15) is 13.2 Å². The van der Waals surface area contributed by atoms with Crippen molar-refractivity contribution in [2.45, 2.75) is 37.8 Å². The van der Waals surface area contributed by atoms with Gasteiger partial charge in [-0.15, -0.1) is 0 Å². The Bertz CT molecular complexity index is 1190. The lowest BCUT2D eigenvalue weighted by Crippen LogP contribution is -2.50. The van der Waals surface area contributed by atoms with Crippen LogP contribution in [0, 0.1) is 13.8 Å². The van der Waals surface area contributed by atoms with Crippen LogP contribution >= 0.6 is 0 Å². The standard InChI is InChI=1S/C24H24N2O3S/c1-17-12-13-18(2)22(14-17)25-24(27)23-15-19-8-6-7-9-20(19)16-26(23)30(28,29)21-10-4-3-5-11-21/h3-14,23H,15-16H2,1-2H3,(H,25,27). The van der Waals surface area contributed by atoms with Crippen molar-refractivity contribution in [2.24, 2.45) is 0 Å². The predicted molar refractivity (Wildman–Crippen MR) is 118 cm³/mol. The lowest BCUT2D eigenvalue weighted by atomic mass is 9.95. The Kier molecular flexibility index (Phi) is 5.45. The second kappa shape index (κ2) is 8.05. The van der Waals surface area contributed by atoms with Gasteiger partial charge in [-0.1, -0.05) is 54.6 Å². The van der Waals surface area contributed by atoms with Crippen molar-refractivity contribution in [1.82, 2.24) is 4.31 Å². The van der Waals surface area contributed by atoms with Crippen LogP contribution in [-0.2, 0) is 27.8 Å². The highest BCUT2D eigenvalue weighted by atomic mass is 32.2. The molecule has 1 amide bonds. The number of hydrogen-bond donors (Lipinski definition) is 1. The summed E-state index contributed by atoms with van der Waals surface area (Å²) in [6.45, 7) is 4.04. The molecule has 6 heteroatoms. The highest BCUT2D eigenvalue weighted by molar-refractivity contribution is 7.89. The molecule has 0 aliphatic carbocycles. The van der Waals surface area contributed by atoms with E-state index in [1.807, 2.05) is 56.3 Å². The molecule has 5 nitrogen and oxygen atoms in total. The quantitative estimate of drug-likeness (QED) is 0.692. The molecular formula is C24H24N2O3S. The van der Waals surface area contributed by atoms with Gasteiger partial charge in [-0.2, -0.15) is 4.31 Å². The molecule has 1 N–H and O–H groups in total. The molecule has 0 bridgehead atoms. The van der Waals surface area contributed by atoms with Gasteiger partial charge < -0.3 is 5.32 Å². The maximum absolute atomic E-state index is 13.4. The molecular weight excluding hydrogens is 396 g/mol. The van der Waals surface area contributed by atoms with E-state index in [-0.39, 0.29) is 17.3 Å². The van der Waals surface area contributed by atoms with Gasteiger partial charge in [0.1, 0.15) is 6.04 Å². The van der Waals surface area contributed by atoms with Crippen molar-refractivity contribution < 1.29 is 13.2 Å². The second-order valence-electron chi connectivity index (χ2n) is 7.66. The summed E-state index contributed by atoms with van der Waals surface area (Å²) >= 11 is 0. The summed E-state index contributed by atoms with van der Waals surface area (Å²) in [7, 11) is -3.84. The maximum atomic E-state index is 13.4. The minimum atomic E-state index is -3.84. The number of aryl methyl sites for hydroxylation is 2. The van der Waals surface area contributed by atoms with E-state index < -0.39 is 16.1 Å². The highest BCUT2D eigenvalue weighted by Gasteiger charge is 2.39. The molecule has 30 heavy (non-hydrogen) atoms. The lowest BCUT2D eigenvalue weighted by Gasteiger charge is -2.35. The first-order chi connectivity index (χ1) is 14.4. The number of benzene rings is 3. The van der Waals surface area contributed by atoms with Crippen LogP contribution in [0.5, 0.6) is 0 Å². The Morgan fingerprint density at radius 1 is 0.933 bits per heavy atom. The predicted octanol–water partition coefficient (Wildman–Crippen LogP) is 4.06. The van der Waals surface area contributed by atoms with E-state index in [1.54, 1.807) is 30.3 Å². The first kappa shape index (κ1) is 20.3. The zero-order chi connectivity index (χ0) is 21.3. The van der Waals surface area contributed by atoms with Crippen LogP contribution in [0.25, 0.3) is 0 Å². The molecule has 1 aliphatic rings. The number of nitrogens with zero attached hydrogens (tertiary/aromatic N) is 1. The number of carbonyl (C=O) groups excluding carboxylic acids is 1. The first-order valence-electron chi connectivity index (χ1n) is 9.88. The van der Waals surface area contributed by atoms with Crippen molar-refractivity contribution in [3.05, 3.63) is 95.1 Å². The molecule has 0 aromatic heterocycles. The van der Waals surface area contributed by atoms with E-state index in [0.29, 0.717) is 12.1 Å². The van der Waals surface area contributed by atoms with Crippen molar-refractivity contribution in [3.63, 3.8) is 0 Å². The van der Waals surface area contributed by atoms with Crippen LogP contribution < -0.4 is 5.32 Å². The summed E-state index contributed by atoms with van der Waals surface area (Å²) in [4.78, 5) is 13.5. The SMILES string of the molecule is Cc1ccc(C)c(NC(=O)C2Cc3ccccc3CN2S(=O)(=O)c2ccccc2)c1. The average molecular weight is 421 g/mol. The Morgan fingerprint density at radius 2 is 1.60 bits per heavy atom. The lowest BCUT2D eigenvalue weighted by molar-refractivity contribution is -0.120. The summed E-state index contributed by atoms with van der Waals surface area (Å²) in [5.74, 6) is -0.322. The zero-order valence-corrected chi connectivity index (χ0v) is 17.8. The fraction of sp³-hybridized carbons (Fsp3) is 0.208. The third kappa shape index (κ3) is 3.88. The molecule has 1 atom stereocenters. The first-order valence-corrected chi connectivity index (χ1v) is 11.3. The molecule has 1 unspecified atom stereocenters. The largest absolute Gasteiger partial charge is 0.324 e. The van der Waals surface area contributed by atoms with Gasteiger partial charge in [0.15, 0.2) is 0 Å². The minimum absolute atomic E-state index is 0.165. The molecule has 1 heterocycles. The fourth-order valence-electron chi connectivity index (χ4n) is 3.79. The van der Waals surface area contributed by atoms with Gasteiger partial charge in [-0.3, -0.25) is 4.79 Å². The minimum Gasteiger partial charge on any atom is -0.324 e. The number of sulfonamides is 1. The smallest absolute Gasteiger partial charge is 0.244 e. The highest BCUT2D eigenvalue weighted by Crippen LogP contribution is 2.30. The third-order valence-electron chi connectivity index (χ3n) is 5.51. The van der Waals surface area contributed by atoms with Gasteiger partial charge in [-0.05, 0) is 60.7 Å². The fourth-order valence-corrected chi connectivity index (χ4v) is 5.38. The molecule has 0 radical (unpaired) electrons. The van der Waals surface area contributed by atoms with Gasteiger partial charge in [0.2, 0.25) is 15.9 Å². The topological polar surface area (TPSA) is 66.5 Å². The zero-order valence-electron chi connectivity index (χ0n) is 17.0. The van der Waals surface area contributed by atoms with E-state index >= 15 is 0 Å². The van der Waals surface area contributed by atoms with Crippen LogP contribution in [0.4, 0.5) is 5.69 Å². The summed E-state index contributed by atoms with van der Waals surface area (Å²) < 4.78 is 28.2. The van der Waals surface area contributed by atoms with Crippen LogP contribution in [-0.4, -0.2) is 24.7 Å². The van der Waals surface area contributed by atoms with E-state index in [1.165, 1.54) is 4.31 Å². The number of hydrogen-bond acceptors (Lipinski definition) is 3. The number of rotatable bonds is 4. The number of fused-ring (bicyclic) bond motifs is 1. The number of carbonyl (C=O) groups is 1. The van der Waals surface area contributed by atoms with Crippen molar-refractivity contribution >= 4 is 21.6 Å². The van der Waals surface area contributed by atoms with Crippen molar-refractivity contribution in [2.75, 3.05) is 5.32 Å². The van der Waals surface area contributed by atoms with Gasteiger partial charge >= 0.3 is 0 Å². The average Bonchev–Trinajstić information content (AvgIpc) is 2.76. The number of anilines is 1. The van der Waals surface area contributed by atoms with Crippen LogP contribution in [0.3, 0.4) is 0 Å². The van der Waals surface area contributed by atoms with Crippen LogP contribution in [0.1, 0.15) is 22.3 Å². The van der Waals surface area contributed by atoms with Gasteiger partial charge in [0, 0.05) is 12.2 Å². The molecule has 0 saturated carbocycles. The number of amides is 1. The summed E-state index contributed by atoms with van der Waals surface area (Å²) in [5, 5.41) is 2.96. The van der Waals surface area contributed by atoms with E-state index in [0.717, 1.165) is 22.3 Å². The Morgan fingerprint density at radius 3 is 2.33 bits per heavy atom. The Hall–Kier alpha value is -2.96. The number of nitrogens with one attached hydrogen (secondary N) is 1. The van der Waals surface area contributed by atoms with Gasteiger partial charge in [0.25, 0.3) is 0 Å². The monoisotopic (exact) mass is 420 g/mol. The van der Waals surface area contributed by atoms with Crippen molar-refractivity contribution in [1.29, 1.82) is 0 Å². The van der Waals surface area contributed by atoms with Crippen LogP contribution in [0.2, 0.25) is 0 Å². The Balaban J connectivity index is 1.73. The molecule has 154 valence electrons. The van der Waals surface area contributed by atoms with Crippen LogP contribution in [0.15, 0.2) is 77.7 Å². The van der Waals surface area contributed by atoms with E-state index in [2.05, 4.69) is 5.32 Å². The molecule has 0 spiro atoms. The molecule has 4 rings (SSSR count). The summed E-state index contributed by atoms with van der Waals surface area (Å²) in [6.07, 6.45) is 0.332. The molecule has 1 aliphatic heterocycles. The summed E-state index contributed by atoms with van der Waals surface area (Å²) in [6, 6.07) is 21.0. The molecule has 3 aromatic rings. The van der Waals surface area contributed by atoms with Gasteiger partial charge in [0.05, 0.1) is 4.90 Å². The molecule has 3 aromatic carbocycles. The van der Waals surface area contributed by atoms with Crippen molar-refractivity contribution in [3.8, 4) is 0 Å². The van der Waals surface area contributed by atoms with Gasteiger partial charge in [-0.25, -0.2) is 8.42 Å². The normalized spacial score (nSPS) is 16.7. The summed E-state index contributed by atoms with van der Waals surface area (Å²) in [5.41, 5.74) is 4.59. The Labute approximate surface area is 177 Å².